The molecule has 6 heteroatoms. The van der Waals surface area contributed by atoms with Gasteiger partial charge in [0.2, 0.25) is 0 Å². The number of likely N-dealkylation sites (N-methyl/N-ethyl adjacent to an activating group) is 1. The van der Waals surface area contributed by atoms with Crippen LogP contribution in [0.1, 0.15) is 10.4 Å². The van der Waals surface area contributed by atoms with E-state index in [1.807, 2.05) is 7.05 Å². The van der Waals surface area contributed by atoms with Crippen molar-refractivity contribution in [2.45, 2.75) is 0 Å². The number of carbonyl (C=O) groups is 1. The van der Waals surface area contributed by atoms with E-state index in [1.165, 1.54) is 18.3 Å². The number of hydrogen-bond donors (Lipinski definition) is 0. The third kappa shape index (κ3) is 2.80. The molecule has 1 fully saturated rings. The Balaban J connectivity index is 1.85. The molecule has 0 bridgehead atoms. The molecule has 0 atom stereocenters. The molecule has 2 aromatic rings. The summed E-state index contributed by atoms with van der Waals surface area (Å²) >= 11 is 0. The Morgan fingerprint density at radius 2 is 1.86 bits per heavy atom. The Morgan fingerprint density at radius 3 is 2.52 bits per heavy atom. The largest absolute Gasteiger partial charge is 0.355 e. The highest BCUT2D eigenvalue weighted by atomic mass is 19.1. The predicted octanol–water partition coefficient (Wildman–Crippen LogP) is 1.87. The Kier molecular flexibility index (Phi) is 3.70. The molecular weight excluding hydrogens is 273 g/mol. The summed E-state index contributed by atoms with van der Waals surface area (Å²) in [6.45, 7) is 3.07. The highest BCUT2D eigenvalue weighted by Crippen LogP contribution is 2.25. The van der Waals surface area contributed by atoms with Crippen LogP contribution in [0.5, 0.6) is 0 Å². The maximum absolute atomic E-state index is 13.0. The van der Waals surface area contributed by atoms with Gasteiger partial charge in [0.15, 0.2) is 5.76 Å². The predicted molar refractivity (Wildman–Crippen MR) is 75.3 cm³/mol. The SMILES string of the molecule is CN1CCN(C(=O)c2cnoc2-c2ccc(F)cc2)CC1. The quantitative estimate of drug-likeness (QED) is 0.847. The van der Waals surface area contributed by atoms with Gasteiger partial charge in [0.25, 0.3) is 5.91 Å². The van der Waals surface area contributed by atoms with Crippen LogP contribution in [0.3, 0.4) is 0 Å². The van der Waals surface area contributed by atoms with Crippen LogP contribution in [0.2, 0.25) is 0 Å². The van der Waals surface area contributed by atoms with E-state index < -0.39 is 0 Å². The van der Waals surface area contributed by atoms with E-state index in [1.54, 1.807) is 17.0 Å². The van der Waals surface area contributed by atoms with Crippen LogP contribution in [-0.4, -0.2) is 54.1 Å². The second-order valence-electron chi connectivity index (χ2n) is 5.17. The van der Waals surface area contributed by atoms with Crippen molar-refractivity contribution < 1.29 is 13.7 Å². The van der Waals surface area contributed by atoms with Crippen molar-refractivity contribution >= 4 is 5.91 Å². The van der Waals surface area contributed by atoms with E-state index >= 15 is 0 Å². The molecule has 21 heavy (non-hydrogen) atoms. The Morgan fingerprint density at radius 1 is 1.19 bits per heavy atom. The van der Waals surface area contributed by atoms with Gasteiger partial charge in [0.1, 0.15) is 11.4 Å². The molecule has 0 saturated carbocycles. The van der Waals surface area contributed by atoms with Gasteiger partial charge >= 0.3 is 0 Å². The lowest BCUT2D eigenvalue weighted by molar-refractivity contribution is 0.0664. The minimum absolute atomic E-state index is 0.0938. The lowest BCUT2D eigenvalue weighted by Gasteiger charge is -2.32. The minimum atomic E-state index is -0.329. The first-order chi connectivity index (χ1) is 10.1. The number of halogens is 1. The number of hydrogen-bond acceptors (Lipinski definition) is 4. The first kappa shape index (κ1) is 13.8. The van der Waals surface area contributed by atoms with Gasteiger partial charge in [0.05, 0.1) is 6.20 Å². The number of nitrogens with zero attached hydrogens (tertiary/aromatic N) is 3. The molecule has 3 rings (SSSR count). The summed E-state index contributed by atoms with van der Waals surface area (Å²) in [5, 5.41) is 3.73. The molecule has 1 aromatic carbocycles. The lowest BCUT2D eigenvalue weighted by atomic mass is 10.1. The molecule has 5 nitrogen and oxygen atoms in total. The normalized spacial score (nSPS) is 16.2. The molecule has 1 saturated heterocycles. The fourth-order valence-corrected chi connectivity index (χ4v) is 2.38. The fraction of sp³-hybridized carbons (Fsp3) is 0.333. The number of piperazine rings is 1. The van der Waals surface area contributed by atoms with Crippen molar-refractivity contribution in [3.8, 4) is 11.3 Å². The molecule has 110 valence electrons. The van der Waals surface area contributed by atoms with Crippen LogP contribution in [0.25, 0.3) is 11.3 Å². The van der Waals surface area contributed by atoms with Gasteiger partial charge in [0, 0.05) is 31.7 Å². The first-order valence-corrected chi connectivity index (χ1v) is 6.83. The standard InChI is InChI=1S/C15H16FN3O2/c1-18-6-8-19(9-7-18)15(20)13-10-17-21-14(13)11-2-4-12(16)5-3-11/h2-5,10H,6-9H2,1H3. The van der Waals surface area contributed by atoms with Gasteiger partial charge in [-0.25, -0.2) is 4.39 Å². The van der Waals surface area contributed by atoms with Crippen LogP contribution < -0.4 is 0 Å². The van der Waals surface area contributed by atoms with E-state index in [-0.39, 0.29) is 11.7 Å². The third-order valence-corrected chi connectivity index (χ3v) is 3.70. The zero-order chi connectivity index (χ0) is 14.8. The topological polar surface area (TPSA) is 49.6 Å². The van der Waals surface area contributed by atoms with Crippen LogP contribution in [0.15, 0.2) is 35.0 Å². The highest BCUT2D eigenvalue weighted by molar-refractivity contribution is 5.99. The molecule has 2 heterocycles. The summed E-state index contributed by atoms with van der Waals surface area (Å²) in [4.78, 5) is 16.5. The van der Waals surface area contributed by atoms with E-state index in [9.17, 15) is 9.18 Å². The smallest absolute Gasteiger partial charge is 0.259 e. The van der Waals surface area contributed by atoms with Crippen molar-refractivity contribution in [1.29, 1.82) is 0 Å². The van der Waals surface area contributed by atoms with Crippen molar-refractivity contribution in [3.63, 3.8) is 0 Å². The molecule has 1 amide bonds. The summed E-state index contributed by atoms with van der Waals surface area (Å²) in [6, 6.07) is 5.83. The summed E-state index contributed by atoms with van der Waals surface area (Å²) in [7, 11) is 2.03. The molecule has 1 aliphatic heterocycles. The number of amides is 1. The molecule has 0 unspecified atom stereocenters. The summed E-state index contributed by atoms with van der Waals surface area (Å²) in [6.07, 6.45) is 1.43. The van der Waals surface area contributed by atoms with Gasteiger partial charge in [-0.3, -0.25) is 4.79 Å². The molecular formula is C15H16FN3O2. The van der Waals surface area contributed by atoms with E-state index in [2.05, 4.69) is 10.1 Å². The zero-order valence-electron chi connectivity index (χ0n) is 11.8. The van der Waals surface area contributed by atoms with E-state index in [0.29, 0.717) is 30.0 Å². The molecule has 0 spiro atoms. The Labute approximate surface area is 121 Å². The number of aromatic nitrogens is 1. The molecule has 0 aliphatic carbocycles. The molecule has 1 aromatic heterocycles. The van der Waals surface area contributed by atoms with Crippen LogP contribution in [0.4, 0.5) is 4.39 Å². The van der Waals surface area contributed by atoms with Crippen molar-refractivity contribution in [2.75, 3.05) is 33.2 Å². The van der Waals surface area contributed by atoms with Gasteiger partial charge in [-0.15, -0.1) is 0 Å². The van der Waals surface area contributed by atoms with Gasteiger partial charge in [-0.1, -0.05) is 5.16 Å². The van der Waals surface area contributed by atoms with Gasteiger partial charge in [-0.2, -0.15) is 0 Å². The maximum Gasteiger partial charge on any atom is 0.259 e. The van der Waals surface area contributed by atoms with E-state index in [0.717, 1.165) is 13.1 Å². The Hall–Kier alpha value is -2.21. The minimum Gasteiger partial charge on any atom is -0.355 e. The second-order valence-corrected chi connectivity index (χ2v) is 5.17. The highest BCUT2D eigenvalue weighted by Gasteiger charge is 2.25. The Bertz CT molecular complexity index is 631. The average Bonchev–Trinajstić information content (AvgIpc) is 2.97. The third-order valence-electron chi connectivity index (χ3n) is 3.70. The molecule has 0 N–H and O–H groups in total. The summed E-state index contributed by atoms with van der Waals surface area (Å²) in [5.41, 5.74) is 1.07. The van der Waals surface area contributed by atoms with Gasteiger partial charge < -0.3 is 14.3 Å². The lowest BCUT2D eigenvalue weighted by Crippen LogP contribution is -2.47. The zero-order valence-corrected chi connectivity index (χ0v) is 11.8. The fourth-order valence-electron chi connectivity index (χ4n) is 2.38. The molecule has 1 aliphatic rings. The second kappa shape index (κ2) is 5.65. The summed E-state index contributed by atoms with van der Waals surface area (Å²) in [5.74, 6) is -0.0344. The van der Waals surface area contributed by atoms with Crippen molar-refractivity contribution in [1.82, 2.24) is 15.0 Å². The van der Waals surface area contributed by atoms with E-state index in [4.69, 9.17) is 4.52 Å². The average molecular weight is 289 g/mol. The van der Waals surface area contributed by atoms with Crippen molar-refractivity contribution in [2.24, 2.45) is 0 Å². The van der Waals surface area contributed by atoms with Gasteiger partial charge in [-0.05, 0) is 31.3 Å². The number of rotatable bonds is 2. The molecule has 0 radical (unpaired) electrons. The van der Waals surface area contributed by atoms with Crippen LogP contribution in [0, 0.1) is 5.82 Å². The number of carbonyl (C=O) groups excluding carboxylic acids is 1. The maximum atomic E-state index is 13.0. The number of benzene rings is 1. The first-order valence-electron chi connectivity index (χ1n) is 6.83. The van der Waals surface area contributed by atoms with Crippen molar-refractivity contribution in [3.05, 3.63) is 41.8 Å². The van der Waals surface area contributed by atoms with Crippen LogP contribution in [-0.2, 0) is 0 Å². The summed E-state index contributed by atoms with van der Waals surface area (Å²) < 4.78 is 18.2. The van der Waals surface area contributed by atoms with Crippen LogP contribution >= 0.6 is 0 Å². The monoisotopic (exact) mass is 289 g/mol.